The van der Waals surface area contributed by atoms with Crippen molar-refractivity contribution < 1.29 is 0 Å². The Bertz CT molecular complexity index is 271. The van der Waals surface area contributed by atoms with E-state index in [2.05, 4.69) is 11.1 Å². The predicted molar refractivity (Wildman–Crippen MR) is 46.1 cm³/mol. The van der Waals surface area contributed by atoms with Crippen LogP contribution in [-0.4, -0.2) is 9.55 Å². The molecule has 4 heteroatoms. The van der Waals surface area contributed by atoms with Crippen molar-refractivity contribution in [2.45, 2.75) is 25.8 Å². The van der Waals surface area contributed by atoms with Crippen LogP contribution in [0.4, 0.5) is 5.82 Å². The van der Waals surface area contributed by atoms with Crippen molar-refractivity contribution in [1.29, 1.82) is 5.26 Å². The van der Waals surface area contributed by atoms with Crippen LogP contribution in [0.2, 0.25) is 0 Å². The second-order valence-electron chi connectivity index (χ2n) is 2.65. The van der Waals surface area contributed by atoms with Gasteiger partial charge in [-0.25, -0.2) is 4.98 Å². The Morgan fingerprint density at radius 1 is 1.58 bits per heavy atom. The van der Waals surface area contributed by atoms with Crippen molar-refractivity contribution >= 4 is 5.82 Å². The van der Waals surface area contributed by atoms with Crippen molar-refractivity contribution in [3.05, 3.63) is 12.5 Å². The van der Waals surface area contributed by atoms with Gasteiger partial charge in [-0.1, -0.05) is 0 Å². The van der Waals surface area contributed by atoms with Crippen LogP contribution in [0.3, 0.4) is 0 Å². The first-order valence-electron chi connectivity index (χ1n) is 3.97. The molecular weight excluding hydrogens is 152 g/mol. The van der Waals surface area contributed by atoms with Gasteiger partial charge in [0.25, 0.3) is 0 Å². The Kier molecular flexibility index (Phi) is 3.15. The van der Waals surface area contributed by atoms with Gasteiger partial charge in [0.15, 0.2) is 0 Å². The number of anilines is 1. The summed E-state index contributed by atoms with van der Waals surface area (Å²) in [6.45, 7) is 0.895. The predicted octanol–water partition coefficient (Wildman–Crippen LogP) is 1.16. The third-order valence-electron chi connectivity index (χ3n) is 1.61. The topological polar surface area (TPSA) is 67.6 Å². The zero-order valence-corrected chi connectivity index (χ0v) is 6.90. The Labute approximate surface area is 71.6 Å². The number of hydrogen-bond acceptors (Lipinski definition) is 3. The van der Waals surface area contributed by atoms with Crippen LogP contribution >= 0.6 is 0 Å². The molecule has 0 spiro atoms. The Morgan fingerprint density at radius 3 is 3.00 bits per heavy atom. The quantitative estimate of drug-likeness (QED) is 0.679. The summed E-state index contributed by atoms with van der Waals surface area (Å²) >= 11 is 0. The first kappa shape index (κ1) is 8.60. The molecule has 0 bridgehead atoms. The van der Waals surface area contributed by atoms with Crippen LogP contribution in [-0.2, 0) is 6.54 Å². The van der Waals surface area contributed by atoms with Crippen molar-refractivity contribution in [2.24, 2.45) is 0 Å². The molecule has 4 nitrogen and oxygen atoms in total. The van der Waals surface area contributed by atoms with Gasteiger partial charge in [-0.05, 0) is 12.8 Å². The third-order valence-corrected chi connectivity index (χ3v) is 1.61. The highest BCUT2D eigenvalue weighted by molar-refractivity contribution is 5.22. The van der Waals surface area contributed by atoms with Gasteiger partial charge in [-0.3, -0.25) is 0 Å². The lowest BCUT2D eigenvalue weighted by molar-refractivity contribution is 0.616. The fourth-order valence-electron chi connectivity index (χ4n) is 0.998. The molecule has 0 amide bonds. The van der Waals surface area contributed by atoms with Crippen LogP contribution in [0.25, 0.3) is 0 Å². The molecule has 0 fully saturated rings. The zero-order chi connectivity index (χ0) is 8.81. The molecule has 2 N–H and O–H groups in total. The highest BCUT2D eigenvalue weighted by atomic mass is 15.1. The molecule has 0 saturated heterocycles. The normalized spacial score (nSPS) is 9.58. The number of hydrogen-bond donors (Lipinski definition) is 1. The standard InChI is InChI=1S/C8H12N4/c9-4-2-1-3-5-12-6-8(10)11-7-12/h6-7H,1-3,5,10H2. The summed E-state index contributed by atoms with van der Waals surface area (Å²) in [6.07, 6.45) is 6.08. The Hall–Kier alpha value is -1.50. The van der Waals surface area contributed by atoms with Gasteiger partial charge in [0.05, 0.1) is 12.4 Å². The highest BCUT2D eigenvalue weighted by Gasteiger charge is 1.93. The number of nitriles is 1. The van der Waals surface area contributed by atoms with E-state index >= 15 is 0 Å². The van der Waals surface area contributed by atoms with Gasteiger partial charge >= 0.3 is 0 Å². The van der Waals surface area contributed by atoms with Crippen LogP contribution in [0.1, 0.15) is 19.3 Å². The molecule has 1 aromatic rings. The van der Waals surface area contributed by atoms with Gasteiger partial charge in [-0.15, -0.1) is 0 Å². The van der Waals surface area contributed by atoms with Crippen molar-refractivity contribution in [3.8, 4) is 6.07 Å². The van der Waals surface area contributed by atoms with Crippen molar-refractivity contribution in [3.63, 3.8) is 0 Å². The average Bonchev–Trinajstić information content (AvgIpc) is 2.45. The van der Waals surface area contributed by atoms with Crippen molar-refractivity contribution in [2.75, 3.05) is 5.73 Å². The van der Waals surface area contributed by atoms with E-state index in [1.807, 2.05) is 4.57 Å². The highest BCUT2D eigenvalue weighted by Crippen LogP contribution is 2.01. The minimum atomic E-state index is 0.551. The number of nitrogen functional groups attached to an aromatic ring is 1. The van der Waals surface area contributed by atoms with E-state index < -0.39 is 0 Å². The SMILES string of the molecule is N#CCCCCn1cnc(N)c1. The molecule has 0 aliphatic rings. The largest absolute Gasteiger partial charge is 0.382 e. The number of nitrogens with zero attached hydrogens (tertiary/aromatic N) is 3. The Morgan fingerprint density at radius 2 is 2.42 bits per heavy atom. The molecule has 0 aromatic carbocycles. The number of imidazole rings is 1. The fraction of sp³-hybridized carbons (Fsp3) is 0.500. The number of unbranched alkanes of at least 4 members (excludes halogenated alkanes) is 2. The summed E-state index contributed by atoms with van der Waals surface area (Å²) in [4.78, 5) is 3.89. The van der Waals surface area contributed by atoms with E-state index in [1.54, 1.807) is 12.5 Å². The molecule has 0 saturated carbocycles. The van der Waals surface area contributed by atoms with E-state index in [4.69, 9.17) is 11.0 Å². The van der Waals surface area contributed by atoms with E-state index in [1.165, 1.54) is 0 Å². The lowest BCUT2D eigenvalue weighted by atomic mass is 10.2. The first-order chi connectivity index (χ1) is 5.83. The van der Waals surface area contributed by atoms with Gasteiger partial charge in [0.2, 0.25) is 0 Å². The maximum Gasteiger partial charge on any atom is 0.141 e. The minimum Gasteiger partial charge on any atom is -0.382 e. The maximum atomic E-state index is 8.28. The number of rotatable bonds is 4. The monoisotopic (exact) mass is 164 g/mol. The van der Waals surface area contributed by atoms with E-state index in [0.717, 1.165) is 19.4 Å². The second-order valence-corrected chi connectivity index (χ2v) is 2.65. The Balaban J connectivity index is 2.21. The maximum absolute atomic E-state index is 8.28. The van der Waals surface area contributed by atoms with Gasteiger partial charge in [0.1, 0.15) is 5.82 Å². The molecule has 12 heavy (non-hydrogen) atoms. The molecule has 1 rings (SSSR count). The van der Waals surface area contributed by atoms with E-state index in [-0.39, 0.29) is 0 Å². The molecule has 0 aliphatic carbocycles. The van der Waals surface area contributed by atoms with Crippen molar-refractivity contribution in [1.82, 2.24) is 9.55 Å². The molecule has 0 unspecified atom stereocenters. The van der Waals surface area contributed by atoms with E-state index in [0.29, 0.717) is 12.2 Å². The molecule has 0 atom stereocenters. The molecule has 64 valence electrons. The van der Waals surface area contributed by atoms with Crippen LogP contribution in [0.15, 0.2) is 12.5 Å². The molecule has 0 aliphatic heterocycles. The van der Waals surface area contributed by atoms with Crippen LogP contribution in [0, 0.1) is 11.3 Å². The summed E-state index contributed by atoms with van der Waals surface area (Å²) in [7, 11) is 0. The second kappa shape index (κ2) is 4.39. The van der Waals surface area contributed by atoms with Gasteiger partial charge in [0, 0.05) is 19.2 Å². The zero-order valence-electron chi connectivity index (χ0n) is 6.90. The average molecular weight is 164 g/mol. The van der Waals surface area contributed by atoms with Crippen LogP contribution < -0.4 is 5.73 Å². The minimum absolute atomic E-state index is 0.551. The fourth-order valence-corrected chi connectivity index (χ4v) is 0.998. The number of aryl methyl sites for hydroxylation is 1. The smallest absolute Gasteiger partial charge is 0.141 e. The van der Waals surface area contributed by atoms with E-state index in [9.17, 15) is 0 Å². The first-order valence-corrected chi connectivity index (χ1v) is 3.97. The molecular formula is C8H12N4. The molecule has 1 aromatic heterocycles. The summed E-state index contributed by atoms with van der Waals surface area (Å²) in [5, 5.41) is 8.28. The lowest BCUT2D eigenvalue weighted by Gasteiger charge is -1.98. The lowest BCUT2D eigenvalue weighted by Crippen LogP contribution is -1.93. The summed E-state index contributed by atoms with van der Waals surface area (Å²) in [5.41, 5.74) is 5.42. The molecule has 1 heterocycles. The van der Waals surface area contributed by atoms with Gasteiger partial charge in [-0.2, -0.15) is 5.26 Å². The number of nitrogens with two attached hydrogens (primary N) is 1. The van der Waals surface area contributed by atoms with Crippen LogP contribution in [0.5, 0.6) is 0 Å². The number of aromatic nitrogens is 2. The summed E-state index contributed by atoms with van der Waals surface area (Å²) in [5.74, 6) is 0.551. The third kappa shape index (κ3) is 2.62. The summed E-state index contributed by atoms with van der Waals surface area (Å²) in [6, 6.07) is 2.11. The summed E-state index contributed by atoms with van der Waals surface area (Å²) < 4.78 is 1.94. The molecule has 0 radical (unpaired) electrons. The van der Waals surface area contributed by atoms with Gasteiger partial charge < -0.3 is 10.3 Å².